The first-order chi connectivity index (χ1) is 11.0. The molecule has 3 rings (SSSR count). The van der Waals surface area contributed by atoms with Gasteiger partial charge in [0.1, 0.15) is 17.8 Å². The van der Waals surface area contributed by atoms with E-state index in [1.54, 1.807) is 11.6 Å². The van der Waals surface area contributed by atoms with Gasteiger partial charge in [0, 0.05) is 0 Å². The van der Waals surface area contributed by atoms with Crippen molar-refractivity contribution in [3.05, 3.63) is 52.7 Å². The van der Waals surface area contributed by atoms with Crippen molar-refractivity contribution in [1.29, 1.82) is 0 Å². The highest BCUT2D eigenvalue weighted by atomic mass is 16.5. The Labute approximate surface area is 132 Å². The van der Waals surface area contributed by atoms with Crippen molar-refractivity contribution < 1.29 is 9.53 Å². The highest BCUT2D eigenvalue weighted by molar-refractivity contribution is 5.77. The van der Waals surface area contributed by atoms with Gasteiger partial charge in [-0.15, -0.1) is 0 Å². The van der Waals surface area contributed by atoms with Gasteiger partial charge in [0.15, 0.2) is 5.65 Å². The maximum absolute atomic E-state index is 12.6. The molecule has 0 saturated heterocycles. The van der Waals surface area contributed by atoms with Crippen LogP contribution < -0.4 is 5.56 Å². The van der Waals surface area contributed by atoms with Crippen LogP contribution in [0.2, 0.25) is 0 Å². The Morgan fingerprint density at radius 3 is 2.61 bits per heavy atom. The monoisotopic (exact) mass is 312 g/mol. The van der Waals surface area contributed by atoms with Gasteiger partial charge in [0.2, 0.25) is 0 Å². The summed E-state index contributed by atoms with van der Waals surface area (Å²) >= 11 is 0. The molecule has 0 bridgehead atoms. The molecule has 0 unspecified atom stereocenters. The number of aryl methyl sites for hydroxylation is 1. The average Bonchev–Trinajstić information content (AvgIpc) is 2.99. The quantitative estimate of drug-likeness (QED) is 0.687. The van der Waals surface area contributed by atoms with E-state index in [-0.39, 0.29) is 5.56 Å². The zero-order chi connectivity index (χ0) is 16.6. The van der Waals surface area contributed by atoms with Crippen LogP contribution in [0.1, 0.15) is 18.5 Å². The van der Waals surface area contributed by atoms with Crippen LogP contribution in [0.15, 0.2) is 41.6 Å². The fourth-order valence-corrected chi connectivity index (χ4v) is 2.36. The molecule has 1 atom stereocenters. The molecule has 23 heavy (non-hydrogen) atoms. The Balaban J connectivity index is 2.13. The fraction of sp³-hybridized carbons (Fsp3) is 0.250. The third-order valence-electron chi connectivity index (χ3n) is 3.75. The number of esters is 1. The molecule has 118 valence electrons. The minimum Gasteiger partial charge on any atom is -0.467 e. The summed E-state index contributed by atoms with van der Waals surface area (Å²) in [5.74, 6) is -0.501. The lowest BCUT2D eigenvalue weighted by Crippen LogP contribution is -2.29. The minimum atomic E-state index is -0.743. The molecule has 1 aromatic carbocycles. The first-order valence-electron chi connectivity index (χ1n) is 7.12. The molecule has 2 aromatic heterocycles. The molecule has 0 saturated carbocycles. The molecule has 0 spiro atoms. The smallest absolute Gasteiger partial charge is 0.328 e. The lowest BCUT2D eigenvalue weighted by molar-refractivity contribution is -0.144. The molecular formula is C16H16N4O3. The van der Waals surface area contributed by atoms with Crippen LogP contribution in [0.25, 0.3) is 16.7 Å². The summed E-state index contributed by atoms with van der Waals surface area (Å²) in [4.78, 5) is 28.5. The number of carbonyl (C=O) groups excluding carboxylic acids is 1. The van der Waals surface area contributed by atoms with E-state index in [4.69, 9.17) is 0 Å². The number of nitrogens with zero attached hydrogens (tertiary/aromatic N) is 4. The SMILES string of the molecule is COC(=O)[C@H](C)n1cnc2c(cnn2-c2ccc(C)cc2)c1=O. The molecule has 0 aliphatic carbocycles. The second-order valence-corrected chi connectivity index (χ2v) is 5.29. The lowest BCUT2D eigenvalue weighted by atomic mass is 10.2. The van der Waals surface area contributed by atoms with E-state index in [9.17, 15) is 9.59 Å². The van der Waals surface area contributed by atoms with E-state index in [0.717, 1.165) is 11.3 Å². The second-order valence-electron chi connectivity index (χ2n) is 5.29. The van der Waals surface area contributed by atoms with Gasteiger partial charge in [-0.05, 0) is 26.0 Å². The fourth-order valence-electron chi connectivity index (χ4n) is 2.36. The van der Waals surface area contributed by atoms with E-state index in [2.05, 4.69) is 14.8 Å². The Kier molecular flexibility index (Phi) is 3.69. The molecule has 3 aromatic rings. The van der Waals surface area contributed by atoms with E-state index < -0.39 is 12.0 Å². The van der Waals surface area contributed by atoms with Crippen molar-refractivity contribution in [3.8, 4) is 5.69 Å². The van der Waals surface area contributed by atoms with Crippen molar-refractivity contribution in [2.45, 2.75) is 19.9 Å². The molecule has 0 fully saturated rings. The van der Waals surface area contributed by atoms with Gasteiger partial charge < -0.3 is 4.74 Å². The number of aromatic nitrogens is 4. The topological polar surface area (TPSA) is 79.0 Å². The zero-order valence-corrected chi connectivity index (χ0v) is 13.1. The van der Waals surface area contributed by atoms with E-state index in [0.29, 0.717) is 11.0 Å². The van der Waals surface area contributed by atoms with E-state index in [1.165, 1.54) is 24.2 Å². The van der Waals surface area contributed by atoms with E-state index in [1.807, 2.05) is 31.2 Å². The van der Waals surface area contributed by atoms with Crippen LogP contribution in [-0.4, -0.2) is 32.4 Å². The molecule has 7 heteroatoms. The van der Waals surface area contributed by atoms with Crippen LogP contribution in [0.4, 0.5) is 0 Å². The van der Waals surface area contributed by atoms with Gasteiger partial charge in [-0.1, -0.05) is 17.7 Å². The van der Waals surface area contributed by atoms with Crippen molar-refractivity contribution >= 4 is 17.0 Å². The number of hydrogen-bond donors (Lipinski definition) is 0. The molecule has 0 N–H and O–H groups in total. The Morgan fingerprint density at radius 1 is 1.26 bits per heavy atom. The zero-order valence-electron chi connectivity index (χ0n) is 13.1. The predicted molar refractivity (Wildman–Crippen MR) is 84.6 cm³/mol. The highest BCUT2D eigenvalue weighted by Crippen LogP contribution is 2.15. The maximum Gasteiger partial charge on any atom is 0.328 e. The third-order valence-corrected chi connectivity index (χ3v) is 3.75. The summed E-state index contributed by atoms with van der Waals surface area (Å²) in [5.41, 5.74) is 2.07. The van der Waals surface area contributed by atoms with Crippen molar-refractivity contribution in [2.24, 2.45) is 0 Å². The second kappa shape index (κ2) is 5.68. The summed E-state index contributed by atoms with van der Waals surface area (Å²) in [6, 6.07) is 7.00. The van der Waals surface area contributed by atoms with E-state index >= 15 is 0 Å². The van der Waals surface area contributed by atoms with Crippen LogP contribution in [0, 0.1) is 6.92 Å². The van der Waals surface area contributed by atoms with Gasteiger partial charge in [0.25, 0.3) is 5.56 Å². The normalized spacial score (nSPS) is 12.3. The summed E-state index contributed by atoms with van der Waals surface area (Å²) in [7, 11) is 1.28. The largest absolute Gasteiger partial charge is 0.467 e. The highest BCUT2D eigenvalue weighted by Gasteiger charge is 2.19. The summed E-state index contributed by atoms with van der Waals surface area (Å²) < 4.78 is 7.52. The van der Waals surface area contributed by atoms with Gasteiger partial charge in [-0.3, -0.25) is 9.36 Å². The summed E-state index contributed by atoms with van der Waals surface area (Å²) in [6.07, 6.45) is 2.81. The first-order valence-corrected chi connectivity index (χ1v) is 7.12. The molecule has 0 aliphatic heterocycles. The first kappa shape index (κ1) is 15.0. The van der Waals surface area contributed by atoms with Crippen molar-refractivity contribution in [3.63, 3.8) is 0 Å². The molecule has 7 nitrogen and oxygen atoms in total. The van der Waals surface area contributed by atoms with Gasteiger partial charge in [0.05, 0.1) is 19.0 Å². The number of benzene rings is 1. The van der Waals surface area contributed by atoms with Gasteiger partial charge in [-0.25, -0.2) is 14.5 Å². The number of methoxy groups -OCH3 is 1. The van der Waals surface area contributed by atoms with Crippen LogP contribution >= 0.6 is 0 Å². The predicted octanol–water partition coefficient (Wildman–Crippen LogP) is 1.62. The van der Waals surface area contributed by atoms with Crippen LogP contribution in [0.5, 0.6) is 0 Å². The molecule has 0 radical (unpaired) electrons. The minimum absolute atomic E-state index is 0.328. The van der Waals surface area contributed by atoms with Gasteiger partial charge in [-0.2, -0.15) is 5.10 Å². The Morgan fingerprint density at radius 2 is 1.96 bits per heavy atom. The molecule has 2 heterocycles. The average molecular weight is 312 g/mol. The van der Waals surface area contributed by atoms with Gasteiger partial charge >= 0.3 is 5.97 Å². The van der Waals surface area contributed by atoms with Crippen molar-refractivity contribution in [2.75, 3.05) is 7.11 Å². The Bertz CT molecular complexity index is 925. The number of rotatable bonds is 3. The number of hydrogen-bond acceptors (Lipinski definition) is 5. The summed E-state index contributed by atoms with van der Waals surface area (Å²) in [6.45, 7) is 3.58. The number of fused-ring (bicyclic) bond motifs is 1. The van der Waals surface area contributed by atoms with Crippen LogP contribution in [0.3, 0.4) is 0 Å². The molecule has 0 amide bonds. The van der Waals surface area contributed by atoms with Crippen molar-refractivity contribution in [1.82, 2.24) is 19.3 Å². The number of carbonyl (C=O) groups is 1. The summed E-state index contributed by atoms with van der Waals surface area (Å²) in [5, 5.41) is 4.60. The lowest BCUT2D eigenvalue weighted by Gasteiger charge is -2.12. The molecule has 0 aliphatic rings. The Hall–Kier alpha value is -2.96. The standard InChI is InChI=1S/C16H16N4O3/c1-10-4-6-12(7-5-10)20-14-13(8-18-20)15(21)19(9-17-14)11(2)16(22)23-3/h4-9,11H,1-3H3/t11-/m0/s1. The maximum atomic E-state index is 12.6. The third kappa shape index (κ3) is 2.50. The van der Waals surface area contributed by atoms with Crippen LogP contribution in [-0.2, 0) is 9.53 Å². The molecular weight excluding hydrogens is 296 g/mol. The number of ether oxygens (including phenoxy) is 1.